The lowest BCUT2D eigenvalue weighted by Gasteiger charge is -2.10. The van der Waals surface area contributed by atoms with Crippen LogP contribution in [0.4, 0.5) is 4.39 Å². The topological polar surface area (TPSA) is 85.3 Å². The second-order valence-corrected chi connectivity index (χ2v) is 6.53. The molecule has 0 bridgehead atoms. The average molecular weight is 375 g/mol. The van der Waals surface area contributed by atoms with Gasteiger partial charge in [-0.05, 0) is 43.7 Å². The highest BCUT2D eigenvalue weighted by Gasteiger charge is 2.26. The van der Waals surface area contributed by atoms with Crippen LogP contribution in [0.2, 0.25) is 5.02 Å². The molecule has 3 rings (SSSR count). The normalized spacial score (nSPS) is 12.3. The molecule has 2 aromatic carbocycles. The number of amides is 1. The lowest BCUT2D eigenvalue weighted by Crippen LogP contribution is -2.20. The Morgan fingerprint density at radius 3 is 2.58 bits per heavy atom. The summed E-state index contributed by atoms with van der Waals surface area (Å²) in [5, 5.41) is 10.5. The molecular weight excluding hydrogens is 359 g/mol. The van der Waals surface area contributed by atoms with Crippen molar-refractivity contribution in [1.29, 1.82) is 0 Å². The molecule has 0 aliphatic carbocycles. The summed E-state index contributed by atoms with van der Waals surface area (Å²) < 4.78 is 15.3. The number of phenolic OH excluding ortho intramolecular Hbond substituents is 1. The lowest BCUT2D eigenvalue weighted by molar-refractivity contribution is -0.119. The standard InChI is InChI=1S/C19H16ClFN2O3/c1-9(18(22)25)17-10(2)23(15-8-14(21)16(24)7-13(15)17)19(26)11-4-3-5-12(20)6-11/h3-9,24H,1-2H3,(H2,22,25)/t9-/m1/s1. The fraction of sp³-hybridized carbons (Fsp3) is 0.158. The Labute approximate surface area is 153 Å². The maximum atomic E-state index is 14.0. The van der Waals surface area contributed by atoms with Crippen LogP contribution in [-0.4, -0.2) is 21.5 Å². The quantitative estimate of drug-likeness (QED) is 0.732. The number of benzene rings is 2. The Morgan fingerprint density at radius 1 is 1.27 bits per heavy atom. The molecule has 3 N–H and O–H groups in total. The number of aromatic hydroxyl groups is 1. The van der Waals surface area contributed by atoms with Crippen molar-refractivity contribution < 1.29 is 19.1 Å². The van der Waals surface area contributed by atoms with E-state index in [4.69, 9.17) is 17.3 Å². The van der Waals surface area contributed by atoms with Gasteiger partial charge in [-0.25, -0.2) is 4.39 Å². The second-order valence-electron chi connectivity index (χ2n) is 6.09. The third kappa shape index (κ3) is 2.82. The van der Waals surface area contributed by atoms with E-state index in [1.165, 1.54) is 16.7 Å². The molecule has 0 radical (unpaired) electrons. The maximum Gasteiger partial charge on any atom is 0.262 e. The van der Waals surface area contributed by atoms with Crippen molar-refractivity contribution in [3.63, 3.8) is 0 Å². The van der Waals surface area contributed by atoms with Crippen LogP contribution in [-0.2, 0) is 4.79 Å². The van der Waals surface area contributed by atoms with E-state index >= 15 is 0 Å². The Morgan fingerprint density at radius 2 is 1.96 bits per heavy atom. The van der Waals surface area contributed by atoms with Crippen molar-refractivity contribution in [2.24, 2.45) is 5.73 Å². The molecule has 1 atom stereocenters. The molecule has 7 heteroatoms. The number of halogens is 2. The van der Waals surface area contributed by atoms with Gasteiger partial charge in [-0.2, -0.15) is 0 Å². The molecule has 0 aliphatic rings. The van der Waals surface area contributed by atoms with E-state index in [0.717, 1.165) is 6.07 Å². The van der Waals surface area contributed by atoms with Crippen molar-refractivity contribution in [1.82, 2.24) is 4.57 Å². The molecule has 26 heavy (non-hydrogen) atoms. The second kappa shape index (κ2) is 6.46. The van der Waals surface area contributed by atoms with Crippen molar-refractivity contribution >= 4 is 34.3 Å². The first kappa shape index (κ1) is 17.9. The van der Waals surface area contributed by atoms with Gasteiger partial charge in [0, 0.05) is 27.7 Å². The number of rotatable bonds is 3. The Balaban J connectivity index is 2.35. The summed E-state index contributed by atoms with van der Waals surface area (Å²) in [6, 6.07) is 8.63. The van der Waals surface area contributed by atoms with Crippen molar-refractivity contribution in [2.75, 3.05) is 0 Å². The molecule has 0 saturated heterocycles. The molecule has 0 unspecified atom stereocenters. The number of primary amides is 1. The molecular formula is C19H16ClFN2O3. The summed E-state index contributed by atoms with van der Waals surface area (Å²) in [4.78, 5) is 24.8. The molecule has 5 nitrogen and oxygen atoms in total. The van der Waals surface area contributed by atoms with E-state index in [0.29, 0.717) is 27.2 Å². The van der Waals surface area contributed by atoms with Gasteiger partial charge < -0.3 is 10.8 Å². The fourth-order valence-electron chi connectivity index (χ4n) is 3.15. The minimum atomic E-state index is -0.867. The molecule has 0 saturated carbocycles. The molecule has 1 amide bonds. The first-order valence-electron chi connectivity index (χ1n) is 7.85. The van der Waals surface area contributed by atoms with Crippen LogP contribution >= 0.6 is 11.6 Å². The zero-order valence-corrected chi connectivity index (χ0v) is 14.8. The number of nitrogens with zero attached hydrogens (tertiary/aromatic N) is 1. The fourth-order valence-corrected chi connectivity index (χ4v) is 3.34. The highest BCUT2D eigenvalue weighted by molar-refractivity contribution is 6.31. The van der Waals surface area contributed by atoms with E-state index < -0.39 is 29.3 Å². The van der Waals surface area contributed by atoms with Crippen LogP contribution in [0.3, 0.4) is 0 Å². The number of hydrogen-bond donors (Lipinski definition) is 2. The predicted molar refractivity (Wildman–Crippen MR) is 97.1 cm³/mol. The van der Waals surface area contributed by atoms with Gasteiger partial charge in [0.15, 0.2) is 11.6 Å². The van der Waals surface area contributed by atoms with E-state index in [9.17, 15) is 19.1 Å². The zero-order chi connectivity index (χ0) is 19.2. The maximum absolute atomic E-state index is 14.0. The first-order chi connectivity index (χ1) is 12.2. The monoisotopic (exact) mass is 374 g/mol. The smallest absolute Gasteiger partial charge is 0.262 e. The summed E-state index contributed by atoms with van der Waals surface area (Å²) in [5.74, 6) is -3.18. The van der Waals surface area contributed by atoms with E-state index in [-0.39, 0.29) is 5.52 Å². The van der Waals surface area contributed by atoms with Crippen LogP contribution in [0.1, 0.15) is 34.5 Å². The van der Waals surface area contributed by atoms with Crippen LogP contribution in [0.25, 0.3) is 10.9 Å². The van der Waals surface area contributed by atoms with E-state index in [1.54, 1.807) is 32.0 Å². The largest absolute Gasteiger partial charge is 0.505 e. The number of aromatic nitrogens is 1. The molecule has 134 valence electrons. The SMILES string of the molecule is Cc1c([C@@H](C)C(N)=O)c2cc(O)c(F)cc2n1C(=O)c1cccc(Cl)c1. The molecule has 0 fully saturated rings. The Kier molecular flexibility index (Phi) is 4.46. The van der Waals surface area contributed by atoms with Gasteiger partial charge in [0.1, 0.15) is 0 Å². The highest BCUT2D eigenvalue weighted by Crippen LogP contribution is 2.35. The van der Waals surface area contributed by atoms with Crippen molar-refractivity contribution in [2.45, 2.75) is 19.8 Å². The van der Waals surface area contributed by atoms with Gasteiger partial charge in [-0.3, -0.25) is 14.2 Å². The Hall–Kier alpha value is -2.86. The number of fused-ring (bicyclic) bond motifs is 1. The Bertz CT molecular complexity index is 1060. The van der Waals surface area contributed by atoms with E-state index in [2.05, 4.69) is 0 Å². The number of carbonyl (C=O) groups excluding carboxylic acids is 2. The number of carbonyl (C=O) groups is 2. The van der Waals surface area contributed by atoms with Gasteiger partial charge in [0.2, 0.25) is 5.91 Å². The number of nitrogens with two attached hydrogens (primary N) is 1. The summed E-state index contributed by atoms with van der Waals surface area (Å²) in [7, 11) is 0. The van der Waals surface area contributed by atoms with Crippen LogP contribution in [0, 0.1) is 12.7 Å². The van der Waals surface area contributed by atoms with Crippen LogP contribution in [0.15, 0.2) is 36.4 Å². The minimum Gasteiger partial charge on any atom is -0.505 e. The third-order valence-electron chi connectivity index (χ3n) is 4.46. The zero-order valence-electron chi connectivity index (χ0n) is 14.1. The van der Waals surface area contributed by atoms with Gasteiger partial charge in [-0.1, -0.05) is 17.7 Å². The van der Waals surface area contributed by atoms with Crippen LogP contribution in [0.5, 0.6) is 5.75 Å². The van der Waals surface area contributed by atoms with Gasteiger partial charge >= 0.3 is 0 Å². The predicted octanol–water partition coefficient (Wildman–Crippen LogP) is 3.73. The summed E-state index contributed by atoms with van der Waals surface area (Å²) >= 11 is 5.96. The van der Waals surface area contributed by atoms with Gasteiger partial charge in [0.05, 0.1) is 11.4 Å². The minimum absolute atomic E-state index is 0.242. The third-order valence-corrected chi connectivity index (χ3v) is 4.69. The van der Waals surface area contributed by atoms with Gasteiger partial charge in [0.25, 0.3) is 5.91 Å². The summed E-state index contributed by atoms with van der Waals surface area (Å²) in [6.07, 6.45) is 0. The highest BCUT2D eigenvalue weighted by atomic mass is 35.5. The van der Waals surface area contributed by atoms with E-state index in [1.807, 2.05) is 0 Å². The van der Waals surface area contributed by atoms with Crippen LogP contribution < -0.4 is 5.73 Å². The first-order valence-corrected chi connectivity index (χ1v) is 8.23. The average Bonchev–Trinajstić information content (AvgIpc) is 2.85. The summed E-state index contributed by atoms with van der Waals surface area (Å²) in [6.45, 7) is 3.24. The number of phenols is 1. The van der Waals surface area contributed by atoms with Crippen molar-refractivity contribution in [3.05, 3.63) is 64.1 Å². The van der Waals surface area contributed by atoms with Gasteiger partial charge in [-0.15, -0.1) is 0 Å². The molecule has 3 aromatic rings. The molecule has 0 spiro atoms. The van der Waals surface area contributed by atoms with Crippen molar-refractivity contribution in [3.8, 4) is 5.75 Å². The molecule has 1 aromatic heterocycles. The summed E-state index contributed by atoms with van der Waals surface area (Å²) in [5.41, 5.74) is 6.89. The molecule has 0 aliphatic heterocycles. The molecule has 1 heterocycles. The lowest BCUT2D eigenvalue weighted by atomic mass is 9.97. The number of hydrogen-bond acceptors (Lipinski definition) is 3.